The Morgan fingerprint density at radius 1 is 1.50 bits per heavy atom. The van der Waals surface area contributed by atoms with Gasteiger partial charge in [-0.3, -0.25) is 0 Å². The van der Waals surface area contributed by atoms with Crippen LogP contribution in [0, 0.1) is 17.2 Å². The Bertz CT molecular complexity index is 400. The minimum Gasteiger partial charge on any atom is -0.312 e. The molecule has 0 aromatic carbocycles. The van der Waals surface area contributed by atoms with Gasteiger partial charge >= 0.3 is 0 Å². The molecule has 0 radical (unpaired) electrons. The molecule has 0 saturated carbocycles. The second kappa shape index (κ2) is 5.83. The molecule has 1 unspecified atom stereocenters. The normalized spacial score (nSPS) is 19.6. The van der Waals surface area contributed by atoms with Gasteiger partial charge in [0.2, 0.25) is 0 Å². The van der Waals surface area contributed by atoms with Crippen LogP contribution in [-0.4, -0.2) is 6.54 Å². The number of nitriles is 1. The van der Waals surface area contributed by atoms with Crippen molar-refractivity contribution in [3.05, 3.63) is 34.0 Å². The van der Waals surface area contributed by atoms with Crippen molar-refractivity contribution < 1.29 is 0 Å². The van der Waals surface area contributed by atoms with Crippen LogP contribution < -0.4 is 5.32 Å². The molecule has 1 aliphatic rings. The Morgan fingerprint density at radius 3 is 3.12 bits per heavy atom. The zero-order chi connectivity index (χ0) is 11.2. The molecule has 0 spiro atoms. The standard InChI is InChI=1S/C13H16N2S/c14-7-12-6-13(16-10-12)9-15-8-11-4-2-1-3-5-11/h1-2,6,10-11,15H,3-5,8-9H2. The number of allylic oxidation sites excluding steroid dienone is 2. The third-order valence-corrected chi connectivity index (χ3v) is 3.83. The molecule has 1 aliphatic carbocycles. The second-order valence-corrected chi connectivity index (χ2v) is 5.19. The van der Waals surface area contributed by atoms with Gasteiger partial charge in [0.05, 0.1) is 5.56 Å². The highest BCUT2D eigenvalue weighted by Gasteiger charge is 2.09. The van der Waals surface area contributed by atoms with E-state index >= 15 is 0 Å². The summed E-state index contributed by atoms with van der Waals surface area (Å²) < 4.78 is 0. The highest BCUT2D eigenvalue weighted by Crippen LogP contribution is 2.18. The van der Waals surface area contributed by atoms with Crippen LogP contribution in [0.4, 0.5) is 0 Å². The van der Waals surface area contributed by atoms with Crippen molar-refractivity contribution in [2.45, 2.75) is 25.8 Å². The number of thiophene rings is 1. The summed E-state index contributed by atoms with van der Waals surface area (Å²) in [5, 5.41) is 14.1. The van der Waals surface area contributed by atoms with E-state index in [2.05, 4.69) is 23.5 Å². The zero-order valence-corrected chi connectivity index (χ0v) is 10.1. The predicted octanol–water partition coefficient (Wildman–Crippen LogP) is 3.07. The summed E-state index contributed by atoms with van der Waals surface area (Å²) >= 11 is 1.66. The van der Waals surface area contributed by atoms with E-state index in [4.69, 9.17) is 5.26 Å². The van der Waals surface area contributed by atoms with Crippen LogP contribution in [-0.2, 0) is 6.54 Å². The van der Waals surface area contributed by atoms with Gasteiger partial charge in [0.25, 0.3) is 0 Å². The third kappa shape index (κ3) is 3.19. The molecule has 1 aromatic heterocycles. The maximum absolute atomic E-state index is 8.71. The molecule has 3 heteroatoms. The number of nitrogens with one attached hydrogen (secondary N) is 1. The van der Waals surface area contributed by atoms with Crippen LogP contribution in [0.5, 0.6) is 0 Å². The molecular formula is C13H16N2S. The Hall–Kier alpha value is -1.11. The van der Waals surface area contributed by atoms with E-state index in [1.807, 2.05) is 11.4 Å². The monoisotopic (exact) mass is 232 g/mol. The van der Waals surface area contributed by atoms with Crippen molar-refractivity contribution in [1.29, 1.82) is 5.26 Å². The van der Waals surface area contributed by atoms with Crippen LogP contribution in [0.1, 0.15) is 29.7 Å². The number of hydrogen-bond donors (Lipinski definition) is 1. The number of hydrogen-bond acceptors (Lipinski definition) is 3. The molecule has 1 aromatic rings. The molecular weight excluding hydrogens is 216 g/mol. The minimum atomic E-state index is 0.780. The molecule has 16 heavy (non-hydrogen) atoms. The first-order chi connectivity index (χ1) is 7.88. The number of nitrogens with zero attached hydrogens (tertiary/aromatic N) is 1. The van der Waals surface area contributed by atoms with Gasteiger partial charge in [-0.05, 0) is 37.8 Å². The molecule has 0 saturated heterocycles. The summed E-state index contributed by atoms with van der Waals surface area (Å²) in [5.74, 6) is 0.792. The van der Waals surface area contributed by atoms with Crippen LogP contribution in [0.2, 0.25) is 0 Å². The fourth-order valence-electron chi connectivity index (χ4n) is 1.97. The molecule has 0 fully saturated rings. The van der Waals surface area contributed by atoms with Crippen molar-refractivity contribution in [2.24, 2.45) is 5.92 Å². The molecule has 2 rings (SSSR count). The lowest BCUT2D eigenvalue weighted by Gasteiger charge is -2.17. The SMILES string of the molecule is N#Cc1csc(CNCC2CC=CCC2)c1. The quantitative estimate of drug-likeness (QED) is 0.810. The lowest BCUT2D eigenvalue weighted by Crippen LogP contribution is -2.22. The van der Waals surface area contributed by atoms with E-state index in [-0.39, 0.29) is 0 Å². The van der Waals surface area contributed by atoms with Gasteiger partial charge in [-0.1, -0.05) is 12.2 Å². The molecule has 1 N–H and O–H groups in total. The smallest absolute Gasteiger partial charge is 0.100 e. The first-order valence-electron chi connectivity index (χ1n) is 5.71. The summed E-state index contributed by atoms with van der Waals surface area (Å²) in [4.78, 5) is 1.25. The van der Waals surface area contributed by atoms with Gasteiger partial charge in [0.15, 0.2) is 0 Å². The first kappa shape index (κ1) is 11.4. The Morgan fingerprint density at radius 2 is 2.44 bits per heavy atom. The van der Waals surface area contributed by atoms with E-state index in [1.165, 1.54) is 24.1 Å². The van der Waals surface area contributed by atoms with Gasteiger partial charge < -0.3 is 5.32 Å². The van der Waals surface area contributed by atoms with Crippen molar-refractivity contribution in [2.75, 3.05) is 6.54 Å². The van der Waals surface area contributed by atoms with Gasteiger partial charge in [0.1, 0.15) is 6.07 Å². The van der Waals surface area contributed by atoms with E-state index < -0.39 is 0 Å². The van der Waals surface area contributed by atoms with Crippen molar-refractivity contribution in [3.63, 3.8) is 0 Å². The number of rotatable bonds is 4. The lowest BCUT2D eigenvalue weighted by atomic mass is 9.94. The Balaban J connectivity index is 1.71. The molecule has 84 valence electrons. The fraction of sp³-hybridized carbons (Fsp3) is 0.462. The van der Waals surface area contributed by atoms with Crippen molar-refractivity contribution >= 4 is 11.3 Å². The van der Waals surface area contributed by atoms with E-state index in [1.54, 1.807) is 11.3 Å². The average Bonchev–Trinajstić information content (AvgIpc) is 2.78. The predicted molar refractivity (Wildman–Crippen MR) is 67.2 cm³/mol. The summed E-state index contributed by atoms with van der Waals surface area (Å²) in [6.07, 6.45) is 8.30. The van der Waals surface area contributed by atoms with Crippen LogP contribution in [0.3, 0.4) is 0 Å². The molecule has 0 bridgehead atoms. The first-order valence-corrected chi connectivity index (χ1v) is 6.59. The van der Waals surface area contributed by atoms with Gasteiger partial charge in [-0.15, -0.1) is 11.3 Å². The van der Waals surface area contributed by atoms with E-state index in [0.717, 1.165) is 24.6 Å². The van der Waals surface area contributed by atoms with Crippen LogP contribution in [0.15, 0.2) is 23.6 Å². The summed E-state index contributed by atoms with van der Waals surface area (Å²) in [7, 11) is 0. The molecule has 0 aliphatic heterocycles. The highest BCUT2D eigenvalue weighted by molar-refractivity contribution is 7.10. The van der Waals surface area contributed by atoms with Crippen molar-refractivity contribution in [3.8, 4) is 6.07 Å². The Kier molecular flexibility index (Phi) is 4.15. The van der Waals surface area contributed by atoms with Crippen LogP contribution >= 0.6 is 11.3 Å². The minimum absolute atomic E-state index is 0.780. The highest BCUT2D eigenvalue weighted by atomic mass is 32.1. The summed E-state index contributed by atoms with van der Waals surface area (Å²) in [5.41, 5.74) is 0.780. The second-order valence-electron chi connectivity index (χ2n) is 4.19. The molecule has 1 atom stereocenters. The summed E-state index contributed by atoms with van der Waals surface area (Å²) in [6, 6.07) is 4.13. The van der Waals surface area contributed by atoms with E-state index in [9.17, 15) is 0 Å². The largest absolute Gasteiger partial charge is 0.312 e. The average molecular weight is 232 g/mol. The third-order valence-electron chi connectivity index (χ3n) is 2.89. The van der Waals surface area contributed by atoms with Crippen molar-refractivity contribution in [1.82, 2.24) is 5.32 Å². The van der Waals surface area contributed by atoms with E-state index in [0.29, 0.717) is 0 Å². The van der Waals surface area contributed by atoms with Gasteiger partial charge in [-0.2, -0.15) is 5.26 Å². The maximum atomic E-state index is 8.71. The fourth-order valence-corrected chi connectivity index (χ4v) is 2.75. The Labute approximate surface area is 101 Å². The maximum Gasteiger partial charge on any atom is 0.100 e. The van der Waals surface area contributed by atoms with Gasteiger partial charge in [0, 0.05) is 16.8 Å². The van der Waals surface area contributed by atoms with Crippen LogP contribution in [0.25, 0.3) is 0 Å². The topological polar surface area (TPSA) is 35.8 Å². The zero-order valence-electron chi connectivity index (χ0n) is 9.28. The molecule has 1 heterocycles. The molecule has 0 amide bonds. The van der Waals surface area contributed by atoms with Gasteiger partial charge in [-0.25, -0.2) is 0 Å². The summed E-state index contributed by atoms with van der Waals surface area (Å²) in [6.45, 7) is 1.98. The molecule has 2 nitrogen and oxygen atoms in total. The lowest BCUT2D eigenvalue weighted by molar-refractivity contribution is 0.441.